The van der Waals surface area contributed by atoms with Crippen LogP contribution in [0.15, 0.2) is 43.0 Å². The van der Waals surface area contributed by atoms with Gasteiger partial charge in [-0.1, -0.05) is 6.08 Å². The van der Waals surface area contributed by atoms with Gasteiger partial charge in [-0.3, -0.25) is 9.78 Å². The molecule has 0 spiro atoms. The van der Waals surface area contributed by atoms with E-state index in [1.165, 1.54) is 0 Å². The second-order valence-electron chi connectivity index (χ2n) is 6.86. The van der Waals surface area contributed by atoms with Gasteiger partial charge < -0.3 is 14.0 Å². The number of carbonyl (C=O) groups is 2. The van der Waals surface area contributed by atoms with Gasteiger partial charge in [0.15, 0.2) is 6.61 Å². The first-order chi connectivity index (χ1) is 13.8. The van der Waals surface area contributed by atoms with E-state index in [0.29, 0.717) is 29.1 Å². The summed E-state index contributed by atoms with van der Waals surface area (Å²) < 4.78 is 12.5. The Hall–Kier alpha value is -3.41. The third-order valence-electron chi connectivity index (χ3n) is 4.95. The second-order valence-corrected chi connectivity index (χ2v) is 6.86. The van der Waals surface area contributed by atoms with E-state index in [9.17, 15) is 9.59 Å². The van der Waals surface area contributed by atoms with Gasteiger partial charge in [-0.25, -0.2) is 4.79 Å². The summed E-state index contributed by atoms with van der Waals surface area (Å²) >= 11 is 0. The van der Waals surface area contributed by atoms with Crippen LogP contribution in [0.25, 0.3) is 10.9 Å². The zero-order valence-electron chi connectivity index (χ0n) is 17.1. The molecule has 0 N–H and O–H groups in total. The number of carbonyl (C=O) groups excluding carboxylic acids is 2. The average Bonchev–Trinajstić information content (AvgIpc) is 2.99. The molecule has 3 aromatic rings. The summed E-state index contributed by atoms with van der Waals surface area (Å²) in [5, 5.41) is 0.765. The minimum atomic E-state index is -0.576. The van der Waals surface area contributed by atoms with Gasteiger partial charge in [-0.05, 0) is 51.1 Å². The number of allylic oxidation sites excluding steroid dienone is 1. The first-order valence-corrected chi connectivity index (χ1v) is 9.29. The molecule has 0 saturated carbocycles. The number of hydrogen-bond acceptors (Lipinski definition) is 5. The Kier molecular flexibility index (Phi) is 5.82. The number of methoxy groups -OCH3 is 1. The van der Waals surface area contributed by atoms with E-state index in [1.54, 1.807) is 32.2 Å². The monoisotopic (exact) mass is 392 g/mol. The molecule has 1 aromatic carbocycles. The number of fused-ring (bicyclic) bond motifs is 1. The fraction of sp³-hybridized carbons (Fsp3) is 0.261. The molecule has 150 valence electrons. The number of aromatic nitrogens is 2. The Morgan fingerprint density at radius 3 is 2.59 bits per heavy atom. The van der Waals surface area contributed by atoms with E-state index >= 15 is 0 Å². The van der Waals surface area contributed by atoms with Crippen molar-refractivity contribution >= 4 is 22.7 Å². The van der Waals surface area contributed by atoms with Crippen LogP contribution >= 0.6 is 0 Å². The number of rotatable bonds is 7. The first kappa shape index (κ1) is 20.3. The number of esters is 1. The molecule has 0 unspecified atom stereocenters. The number of hydrogen-bond donors (Lipinski definition) is 0. The summed E-state index contributed by atoms with van der Waals surface area (Å²) in [6.07, 6.45) is 1.78. The molecule has 6 nitrogen and oxygen atoms in total. The Balaban J connectivity index is 1.78. The largest absolute Gasteiger partial charge is 0.497 e. The molecule has 0 bridgehead atoms. The lowest BCUT2D eigenvalue weighted by Crippen LogP contribution is -2.16. The lowest BCUT2D eigenvalue weighted by atomic mass is 10.1. The number of ketones is 1. The highest BCUT2D eigenvalue weighted by atomic mass is 16.5. The number of aryl methyl sites for hydroxylation is 2. The number of benzene rings is 1. The molecule has 0 radical (unpaired) electrons. The lowest BCUT2D eigenvalue weighted by Gasteiger charge is -2.09. The minimum absolute atomic E-state index is 0.241. The molecular formula is C23H24N2O4. The third kappa shape index (κ3) is 4.06. The minimum Gasteiger partial charge on any atom is -0.497 e. The van der Waals surface area contributed by atoms with Crippen molar-refractivity contribution in [2.75, 3.05) is 13.7 Å². The summed E-state index contributed by atoms with van der Waals surface area (Å²) in [6, 6.07) is 8.97. The maximum atomic E-state index is 12.6. The van der Waals surface area contributed by atoms with Crippen molar-refractivity contribution < 1.29 is 19.1 Å². The summed E-state index contributed by atoms with van der Waals surface area (Å²) in [7, 11) is 1.58. The fourth-order valence-electron chi connectivity index (χ4n) is 3.36. The standard InChI is InChI=1S/C23H24N2O4/c1-6-9-25-14(2)10-20(16(25)4)22(26)13-29-23(27)19-12-17-11-18(28-5)7-8-21(17)24-15(19)3/h6-8,10-12H,1,9,13H2,2-5H3. The van der Waals surface area contributed by atoms with Gasteiger partial charge in [0.1, 0.15) is 5.75 Å². The second kappa shape index (κ2) is 8.31. The maximum Gasteiger partial charge on any atom is 0.340 e. The van der Waals surface area contributed by atoms with Crippen molar-refractivity contribution in [1.82, 2.24) is 9.55 Å². The number of pyridine rings is 1. The third-order valence-corrected chi connectivity index (χ3v) is 4.95. The molecule has 2 aromatic heterocycles. The van der Waals surface area contributed by atoms with Gasteiger partial charge in [-0.15, -0.1) is 6.58 Å². The number of ether oxygens (including phenoxy) is 2. The summed E-state index contributed by atoms with van der Waals surface area (Å²) in [4.78, 5) is 29.7. The van der Waals surface area contributed by atoms with E-state index in [2.05, 4.69) is 11.6 Å². The summed E-state index contributed by atoms with van der Waals surface area (Å²) in [5.41, 5.74) is 3.97. The highest BCUT2D eigenvalue weighted by Crippen LogP contribution is 2.22. The molecule has 2 heterocycles. The quantitative estimate of drug-likeness (QED) is 0.342. The normalized spacial score (nSPS) is 10.8. The maximum absolute atomic E-state index is 12.6. The zero-order valence-corrected chi connectivity index (χ0v) is 17.1. The van der Waals surface area contributed by atoms with E-state index < -0.39 is 5.97 Å². The van der Waals surface area contributed by atoms with Crippen LogP contribution < -0.4 is 4.74 Å². The Labute approximate surface area is 169 Å². The number of nitrogens with zero attached hydrogens (tertiary/aromatic N) is 2. The highest BCUT2D eigenvalue weighted by Gasteiger charge is 2.19. The van der Waals surface area contributed by atoms with Crippen molar-refractivity contribution in [2.24, 2.45) is 0 Å². The topological polar surface area (TPSA) is 70.4 Å². The highest BCUT2D eigenvalue weighted by molar-refractivity contribution is 6.01. The van der Waals surface area contributed by atoms with Crippen LogP contribution in [0, 0.1) is 20.8 Å². The smallest absolute Gasteiger partial charge is 0.340 e. The molecule has 0 saturated heterocycles. The molecule has 0 amide bonds. The predicted molar refractivity (Wildman–Crippen MR) is 112 cm³/mol. The van der Waals surface area contributed by atoms with Crippen molar-refractivity contribution in [3.63, 3.8) is 0 Å². The van der Waals surface area contributed by atoms with Gasteiger partial charge >= 0.3 is 5.97 Å². The van der Waals surface area contributed by atoms with Crippen LogP contribution in [0.5, 0.6) is 5.75 Å². The van der Waals surface area contributed by atoms with Crippen LogP contribution in [-0.2, 0) is 11.3 Å². The number of Topliss-reactive ketones (excluding diaryl/α,β-unsaturated/α-hetero) is 1. The van der Waals surface area contributed by atoms with Crippen LogP contribution in [0.3, 0.4) is 0 Å². The fourth-order valence-corrected chi connectivity index (χ4v) is 3.36. The molecule has 0 atom stereocenters. The lowest BCUT2D eigenvalue weighted by molar-refractivity contribution is 0.0473. The van der Waals surface area contributed by atoms with Crippen LogP contribution in [0.1, 0.15) is 37.8 Å². The Morgan fingerprint density at radius 2 is 1.90 bits per heavy atom. The van der Waals surface area contributed by atoms with Crippen LogP contribution in [-0.4, -0.2) is 35.0 Å². The van der Waals surface area contributed by atoms with Gasteiger partial charge in [0, 0.05) is 28.9 Å². The van der Waals surface area contributed by atoms with E-state index in [0.717, 1.165) is 22.3 Å². The SMILES string of the molecule is C=CCn1c(C)cc(C(=O)COC(=O)c2cc3cc(OC)ccc3nc2C)c1C. The molecule has 0 aliphatic carbocycles. The average molecular weight is 392 g/mol. The van der Waals surface area contributed by atoms with Gasteiger partial charge in [0.2, 0.25) is 5.78 Å². The Bertz CT molecular complexity index is 1110. The molecular weight excluding hydrogens is 368 g/mol. The van der Waals surface area contributed by atoms with E-state index in [4.69, 9.17) is 9.47 Å². The first-order valence-electron chi connectivity index (χ1n) is 9.29. The van der Waals surface area contributed by atoms with Crippen molar-refractivity contribution in [3.05, 3.63) is 71.2 Å². The zero-order chi connectivity index (χ0) is 21.1. The van der Waals surface area contributed by atoms with Crippen molar-refractivity contribution in [2.45, 2.75) is 27.3 Å². The van der Waals surface area contributed by atoms with Gasteiger partial charge in [0.05, 0.1) is 23.9 Å². The molecule has 6 heteroatoms. The predicted octanol–water partition coefficient (Wildman–Crippen LogP) is 4.20. The molecule has 0 fully saturated rings. The Morgan fingerprint density at radius 1 is 1.14 bits per heavy atom. The van der Waals surface area contributed by atoms with Crippen molar-refractivity contribution in [3.8, 4) is 5.75 Å². The molecule has 3 rings (SSSR count). The van der Waals surface area contributed by atoms with Crippen LogP contribution in [0.4, 0.5) is 0 Å². The van der Waals surface area contributed by atoms with Gasteiger partial charge in [0.25, 0.3) is 0 Å². The van der Waals surface area contributed by atoms with Crippen molar-refractivity contribution in [1.29, 1.82) is 0 Å². The molecule has 0 aliphatic rings. The molecule has 0 aliphatic heterocycles. The van der Waals surface area contributed by atoms with E-state index in [-0.39, 0.29) is 12.4 Å². The van der Waals surface area contributed by atoms with Gasteiger partial charge in [-0.2, -0.15) is 0 Å². The summed E-state index contributed by atoms with van der Waals surface area (Å²) in [5.74, 6) is -0.143. The van der Waals surface area contributed by atoms with Crippen LogP contribution in [0.2, 0.25) is 0 Å². The van der Waals surface area contributed by atoms with E-state index in [1.807, 2.05) is 36.6 Å². The molecule has 29 heavy (non-hydrogen) atoms. The summed E-state index contributed by atoms with van der Waals surface area (Å²) in [6.45, 7) is 9.57.